The number of carboxylic acids is 1. The Morgan fingerprint density at radius 2 is 2.16 bits per heavy atom. The number of hydrogen-bond donors (Lipinski definition) is 1. The number of benzene rings is 1. The van der Waals surface area contributed by atoms with Crippen LogP contribution in [0.4, 0.5) is 5.69 Å². The second-order valence-corrected chi connectivity index (χ2v) is 5.97. The number of nitrogens with zero attached hydrogens (tertiary/aromatic N) is 1. The highest BCUT2D eigenvalue weighted by Crippen LogP contribution is 2.41. The third kappa shape index (κ3) is 2.22. The molecule has 3 nitrogen and oxygen atoms in total. The van der Waals surface area contributed by atoms with Crippen LogP contribution in [-0.2, 0) is 11.2 Å². The molecule has 2 atom stereocenters. The van der Waals surface area contributed by atoms with E-state index in [0.29, 0.717) is 12.1 Å². The fourth-order valence-corrected chi connectivity index (χ4v) is 3.46. The standard InChI is InChI=1S/C16H21NO2/c1-11(9-16(18)19)15-10-12-5-2-3-8-14(12)17(15)13-6-4-7-13/h2-3,5,8,11,13,15H,4,6-7,9-10H2,1H3,(H,18,19). The summed E-state index contributed by atoms with van der Waals surface area (Å²) in [5.74, 6) is -0.484. The lowest BCUT2D eigenvalue weighted by molar-refractivity contribution is -0.138. The van der Waals surface area contributed by atoms with Gasteiger partial charge in [-0.05, 0) is 43.2 Å². The molecule has 1 aliphatic carbocycles. The van der Waals surface area contributed by atoms with Crippen LogP contribution in [-0.4, -0.2) is 23.2 Å². The van der Waals surface area contributed by atoms with Gasteiger partial charge in [-0.1, -0.05) is 25.1 Å². The van der Waals surface area contributed by atoms with Gasteiger partial charge in [0.2, 0.25) is 0 Å². The van der Waals surface area contributed by atoms with Gasteiger partial charge in [-0.25, -0.2) is 0 Å². The van der Waals surface area contributed by atoms with Crippen molar-refractivity contribution in [3.05, 3.63) is 29.8 Å². The van der Waals surface area contributed by atoms with E-state index < -0.39 is 5.97 Å². The van der Waals surface area contributed by atoms with Crippen molar-refractivity contribution in [2.24, 2.45) is 5.92 Å². The van der Waals surface area contributed by atoms with Crippen molar-refractivity contribution in [2.45, 2.75) is 51.1 Å². The molecule has 1 saturated carbocycles. The number of carboxylic acid groups (broad SMARTS) is 1. The summed E-state index contributed by atoms with van der Waals surface area (Å²) in [6, 6.07) is 9.55. The number of anilines is 1. The van der Waals surface area contributed by atoms with Crippen molar-refractivity contribution in [3.8, 4) is 0 Å². The van der Waals surface area contributed by atoms with Crippen LogP contribution in [0.3, 0.4) is 0 Å². The highest BCUT2D eigenvalue weighted by atomic mass is 16.4. The molecule has 0 aromatic heterocycles. The molecule has 2 unspecified atom stereocenters. The maximum atomic E-state index is 11.0. The third-order valence-electron chi connectivity index (χ3n) is 4.68. The van der Waals surface area contributed by atoms with Crippen LogP contribution >= 0.6 is 0 Å². The van der Waals surface area contributed by atoms with E-state index in [1.165, 1.54) is 30.5 Å². The lowest BCUT2D eigenvalue weighted by Gasteiger charge is -2.42. The van der Waals surface area contributed by atoms with E-state index in [-0.39, 0.29) is 12.3 Å². The van der Waals surface area contributed by atoms with Gasteiger partial charge in [-0.15, -0.1) is 0 Å². The molecule has 1 N–H and O–H groups in total. The summed E-state index contributed by atoms with van der Waals surface area (Å²) in [6.45, 7) is 2.08. The van der Waals surface area contributed by atoms with Crippen molar-refractivity contribution in [3.63, 3.8) is 0 Å². The second kappa shape index (κ2) is 4.87. The first-order valence-electron chi connectivity index (χ1n) is 7.25. The molecule has 102 valence electrons. The first-order valence-corrected chi connectivity index (χ1v) is 7.25. The first kappa shape index (κ1) is 12.5. The Morgan fingerprint density at radius 3 is 2.79 bits per heavy atom. The van der Waals surface area contributed by atoms with Gasteiger partial charge in [0.1, 0.15) is 0 Å². The number of hydrogen-bond acceptors (Lipinski definition) is 2. The van der Waals surface area contributed by atoms with Gasteiger partial charge >= 0.3 is 5.97 Å². The first-order chi connectivity index (χ1) is 9.16. The van der Waals surface area contributed by atoms with Crippen LogP contribution < -0.4 is 4.90 Å². The number of carbonyl (C=O) groups is 1. The van der Waals surface area contributed by atoms with Crippen LogP contribution in [0.25, 0.3) is 0 Å². The van der Waals surface area contributed by atoms with E-state index in [2.05, 4.69) is 36.1 Å². The Bertz CT molecular complexity index is 481. The van der Waals surface area contributed by atoms with Crippen molar-refractivity contribution in [1.29, 1.82) is 0 Å². The second-order valence-electron chi connectivity index (χ2n) is 5.97. The summed E-state index contributed by atoms with van der Waals surface area (Å²) < 4.78 is 0. The minimum Gasteiger partial charge on any atom is -0.481 e. The van der Waals surface area contributed by atoms with E-state index in [1.807, 2.05) is 0 Å². The molecule has 1 fully saturated rings. The molecule has 1 aromatic carbocycles. The molecular formula is C16H21NO2. The molecule has 0 radical (unpaired) electrons. The van der Waals surface area contributed by atoms with Gasteiger partial charge in [0, 0.05) is 24.2 Å². The average molecular weight is 259 g/mol. The summed E-state index contributed by atoms with van der Waals surface area (Å²) in [6.07, 6.45) is 5.08. The lowest BCUT2D eigenvalue weighted by Crippen LogP contribution is -2.47. The van der Waals surface area contributed by atoms with Gasteiger partial charge in [-0.3, -0.25) is 4.79 Å². The Balaban J connectivity index is 1.86. The molecule has 1 aromatic rings. The Labute approximate surface area is 114 Å². The predicted octanol–water partition coefficient (Wildman–Crippen LogP) is 3.08. The highest BCUT2D eigenvalue weighted by molar-refractivity contribution is 5.68. The normalized spacial score (nSPS) is 23.8. The van der Waals surface area contributed by atoms with E-state index >= 15 is 0 Å². The van der Waals surface area contributed by atoms with Crippen molar-refractivity contribution < 1.29 is 9.90 Å². The molecule has 19 heavy (non-hydrogen) atoms. The van der Waals surface area contributed by atoms with Crippen LogP contribution in [0, 0.1) is 5.92 Å². The van der Waals surface area contributed by atoms with Gasteiger partial charge in [0.05, 0.1) is 0 Å². The molecular weight excluding hydrogens is 238 g/mol. The summed E-state index contributed by atoms with van der Waals surface area (Å²) >= 11 is 0. The minimum atomic E-state index is -0.683. The predicted molar refractivity (Wildman–Crippen MR) is 75.5 cm³/mol. The molecule has 0 saturated heterocycles. The smallest absolute Gasteiger partial charge is 0.303 e. The SMILES string of the molecule is CC(CC(=O)O)C1Cc2ccccc2N1C1CCC1. The van der Waals surface area contributed by atoms with Crippen LogP contribution in [0.1, 0.15) is 38.2 Å². The Morgan fingerprint density at radius 1 is 1.42 bits per heavy atom. The Hall–Kier alpha value is -1.51. The Kier molecular flexibility index (Phi) is 3.21. The molecule has 0 spiro atoms. The summed E-state index contributed by atoms with van der Waals surface area (Å²) in [5.41, 5.74) is 2.73. The molecule has 3 heteroatoms. The summed E-state index contributed by atoms with van der Waals surface area (Å²) in [5, 5.41) is 9.04. The molecule has 1 heterocycles. The van der Waals surface area contributed by atoms with Gasteiger partial charge in [0.25, 0.3) is 0 Å². The maximum absolute atomic E-state index is 11.0. The average Bonchev–Trinajstić information content (AvgIpc) is 2.66. The van der Waals surface area contributed by atoms with Crippen molar-refractivity contribution >= 4 is 11.7 Å². The summed E-state index contributed by atoms with van der Waals surface area (Å²) in [7, 11) is 0. The van der Waals surface area contributed by atoms with Gasteiger partial charge in [0.15, 0.2) is 0 Å². The maximum Gasteiger partial charge on any atom is 0.303 e. The summed E-state index contributed by atoms with van der Waals surface area (Å²) in [4.78, 5) is 13.5. The number of para-hydroxylation sites is 1. The quantitative estimate of drug-likeness (QED) is 0.903. The van der Waals surface area contributed by atoms with Crippen molar-refractivity contribution in [1.82, 2.24) is 0 Å². The zero-order chi connectivity index (χ0) is 13.4. The minimum absolute atomic E-state index is 0.200. The molecule has 3 rings (SSSR count). The molecule has 0 bridgehead atoms. The molecule has 1 aliphatic heterocycles. The topological polar surface area (TPSA) is 40.5 Å². The number of fused-ring (bicyclic) bond motifs is 1. The van der Waals surface area contributed by atoms with Crippen molar-refractivity contribution in [2.75, 3.05) is 4.90 Å². The highest BCUT2D eigenvalue weighted by Gasteiger charge is 2.39. The number of aliphatic carboxylic acids is 1. The fourth-order valence-electron chi connectivity index (χ4n) is 3.46. The van der Waals surface area contributed by atoms with Crippen LogP contribution in [0.5, 0.6) is 0 Å². The van der Waals surface area contributed by atoms with E-state index in [0.717, 1.165) is 6.42 Å². The zero-order valence-corrected chi connectivity index (χ0v) is 11.4. The van der Waals surface area contributed by atoms with Crippen LogP contribution in [0.15, 0.2) is 24.3 Å². The molecule has 0 amide bonds. The third-order valence-corrected chi connectivity index (χ3v) is 4.68. The lowest BCUT2D eigenvalue weighted by atomic mass is 9.87. The van der Waals surface area contributed by atoms with Gasteiger partial charge in [-0.2, -0.15) is 0 Å². The van der Waals surface area contributed by atoms with Crippen LogP contribution in [0.2, 0.25) is 0 Å². The fraction of sp³-hybridized carbons (Fsp3) is 0.562. The molecule has 2 aliphatic rings. The largest absolute Gasteiger partial charge is 0.481 e. The van der Waals surface area contributed by atoms with E-state index in [9.17, 15) is 4.79 Å². The van der Waals surface area contributed by atoms with Gasteiger partial charge < -0.3 is 10.0 Å². The van der Waals surface area contributed by atoms with E-state index in [1.54, 1.807) is 0 Å². The zero-order valence-electron chi connectivity index (χ0n) is 11.4. The monoisotopic (exact) mass is 259 g/mol. The number of rotatable bonds is 4. The van der Waals surface area contributed by atoms with E-state index in [4.69, 9.17) is 5.11 Å².